The second-order valence-electron chi connectivity index (χ2n) is 3.45. The third-order valence-electron chi connectivity index (χ3n) is 2.20. The summed E-state index contributed by atoms with van der Waals surface area (Å²) in [5.74, 6) is 0.219. The molecule has 0 radical (unpaired) electrons. The van der Waals surface area contributed by atoms with Crippen molar-refractivity contribution in [1.29, 1.82) is 0 Å². The fraction of sp³-hybridized carbons (Fsp3) is 1.00. The summed E-state index contributed by atoms with van der Waals surface area (Å²) in [7, 11) is -6.43. The first-order valence-corrected chi connectivity index (χ1v) is 7.90. The smallest absolute Gasteiger partial charge is 0.264 e. The predicted molar refractivity (Wildman–Crippen MR) is 52.2 cm³/mol. The lowest BCUT2D eigenvalue weighted by molar-refractivity contribution is 0.312. The quantitative estimate of drug-likeness (QED) is 0.645. The van der Waals surface area contributed by atoms with Crippen molar-refractivity contribution < 1.29 is 21.0 Å². The van der Waals surface area contributed by atoms with Crippen LogP contribution in [0.5, 0.6) is 0 Å². The van der Waals surface area contributed by atoms with E-state index in [1.807, 2.05) is 0 Å². The molecule has 84 valence electrons. The van der Waals surface area contributed by atoms with Gasteiger partial charge in [-0.25, -0.2) is 8.42 Å². The van der Waals surface area contributed by atoms with E-state index in [2.05, 4.69) is 4.18 Å². The van der Waals surface area contributed by atoms with Crippen LogP contribution in [0.2, 0.25) is 0 Å². The maximum absolute atomic E-state index is 11.3. The van der Waals surface area contributed by atoms with E-state index in [-0.39, 0.29) is 18.8 Å². The molecule has 7 heteroatoms. The Morgan fingerprint density at radius 1 is 1.43 bits per heavy atom. The maximum atomic E-state index is 11.3. The molecule has 0 spiro atoms. The van der Waals surface area contributed by atoms with Crippen LogP contribution in [0.1, 0.15) is 19.3 Å². The molecule has 0 aromatic rings. The van der Waals surface area contributed by atoms with E-state index in [0.717, 1.165) is 6.26 Å². The van der Waals surface area contributed by atoms with Crippen molar-refractivity contribution in [2.75, 3.05) is 18.6 Å². The molecule has 5 nitrogen and oxygen atoms in total. The van der Waals surface area contributed by atoms with Crippen LogP contribution in [0, 0.1) is 0 Å². The van der Waals surface area contributed by atoms with Crippen LogP contribution < -0.4 is 0 Å². The molecule has 14 heavy (non-hydrogen) atoms. The van der Waals surface area contributed by atoms with Gasteiger partial charge in [-0.3, -0.25) is 4.18 Å². The molecular formula is C7H14O5S2. The second kappa shape index (κ2) is 4.16. The average molecular weight is 242 g/mol. The first-order chi connectivity index (χ1) is 6.31. The van der Waals surface area contributed by atoms with Gasteiger partial charge in [0, 0.05) is 0 Å². The lowest BCUT2D eigenvalue weighted by Gasteiger charge is -2.07. The fourth-order valence-corrected chi connectivity index (χ4v) is 3.80. The zero-order valence-corrected chi connectivity index (χ0v) is 9.60. The third kappa shape index (κ3) is 3.55. The van der Waals surface area contributed by atoms with Crippen molar-refractivity contribution in [2.45, 2.75) is 24.5 Å². The summed E-state index contributed by atoms with van der Waals surface area (Å²) in [5.41, 5.74) is 0. The highest BCUT2D eigenvalue weighted by molar-refractivity contribution is 7.92. The van der Waals surface area contributed by atoms with Crippen LogP contribution in [0.15, 0.2) is 0 Å². The Bertz CT molecular complexity index is 380. The second-order valence-corrected chi connectivity index (χ2v) is 7.49. The van der Waals surface area contributed by atoms with Gasteiger partial charge in [0.1, 0.15) is 0 Å². The van der Waals surface area contributed by atoms with E-state index in [9.17, 15) is 16.8 Å². The zero-order chi connectivity index (χ0) is 10.8. The van der Waals surface area contributed by atoms with E-state index < -0.39 is 25.2 Å². The molecule has 0 aliphatic carbocycles. The van der Waals surface area contributed by atoms with Crippen molar-refractivity contribution in [3.63, 3.8) is 0 Å². The molecule has 1 unspecified atom stereocenters. The molecule has 0 aromatic heterocycles. The van der Waals surface area contributed by atoms with Crippen molar-refractivity contribution in [1.82, 2.24) is 0 Å². The van der Waals surface area contributed by atoms with Gasteiger partial charge in [-0.05, 0) is 19.3 Å². The fourth-order valence-electron chi connectivity index (χ4n) is 1.51. The van der Waals surface area contributed by atoms with Gasteiger partial charge in [-0.15, -0.1) is 0 Å². The highest BCUT2D eigenvalue weighted by atomic mass is 32.2. The summed E-state index contributed by atoms with van der Waals surface area (Å²) in [6.07, 6.45) is 2.52. The van der Waals surface area contributed by atoms with Crippen LogP contribution in [0.4, 0.5) is 0 Å². The summed E-state index contributed by atoms with van der Waals surface area (Å²) in [6.45, 7) is -0.0390. The average Bonchev–Trinajstić information content (AvgIpc) is 2.28. The predicted octanol–water partition coefficient (Wildman–Crippen LogP) is -0.0701. The Morgan fingerprint density at radius 2 is 2.07 bits per heavy atom. The van der Waals surface area contributed by atoms with Gasteiger partial charge in [0.15, 0.2) is 9.84 Å². The summed E-state index contributed by atoms with van der Waals surface area (Å²) < 4.78 is 48.3. The number of hydrogen-bond donors (Lipinski definition) is 0. The number of hydrogen-bond acceptors (Lipinski definition) is 5. The molecule has 0 amide bonds. The van der Waals surface area contributed by atoms with Crippen LogP contribution in [0.25, 0.3) is 0 Å². The van der Waals surface area contributed by atoms with Crippen LogP contribution in [-0.4, -0.2) is 40.7 Å². The van der Waals surface area contributed by atoms with E-state index >= 15 is 0 Å². The van der Waals surface area contributed by atoms with Gasteiger partial charge < -0.3 is 0 Å². The monoisotopic (exact) mass is 242 g/mol. The Morgan fingerprint density at radius 3 is 2.50 bits per heavy atom. The minimum atomic E-state index is -3.45. The molecule has 1 fully saturated rings. The Labute approximate surface area is 84.5 Å². The molecule has 0 bridgehead atoms. The SMILES string of the molecule is CS(=O)(=O)OCCC1CCCS1(=O)=O. The van der Waals surface area contributed by atoms with Crippen molar-refractivity contribution in [2.24, 2.45) is 0 Å². The Kier molecular flexibility index (Phi) is 3.54. The van der Waals surface area contributed by atoms with E-state index in [4.69, 9.17) is 0 Å². The van der Waals surface area contributed by atoms with Crippen LogP contribution >= 0.6 is 0 Å². The minimum absolute atomic E-state index is 0.0390. The molecule has 0 saturated carbocycles. The number of rotatable bonds is 4. The minimum Gasteiger partial charge on any atom is -0.270 e. The van der Waals surface area contributed by atoms with Gasteiger partial charge >= 0.3 is 0 Å². The molecule has 1 rings (SSSR count). The first-order valence-electron chi connectivity index (χ1n) is 4.37. The molecule has 0 N–H and O–H groups in total. The lowest BCUT2D eigenvalue weighted by atomic mass is 10.2. The Balaban J connectivity index is 2.40. The topological polar surface area (TPSA) is 77.5 Å². The molecule has 1 aliphatic rings. The van der Waals surface area contributed by atoms with Gasteiger partial charge in [0.05, 0.1) is 23.9 Å². The first kappa shape index (κ1) is 11.9. The Hall–Kier alpha value is -0.140. The highest BCUT2D eigenvalue weighted by Gasteiger charge is 2.30. The van der Waals surface area contributed by atoms with Gasteiger partial charge in [-0.1, -0.05) is 0 Å². The lowest BCUT2D eigenvalue weighted by Crippen LogP contribution is -2.19. The van der Waals surface area contributed by atoms with Crippen LogP contribution in [0.3, 0.4) is 0 Å². The molecular weight excluding hydrogens is 228 g/mol. The summed E-state index contributed by atoms with van der Waals surface area (Å²) in [6, 6.07) is 0. The third-order valence-corrected chi connectivity index (χ3v) is 5.14. The molecule has 1 aliphatic heterocycles. The molecule has 0 aromatic carbocycles. The maximum Gasteiger partial charge on any atom is 0.264 e. The van der Waals surface area contributed by atoms with Gasteiger partial charge in [-0.2, -0.15) is 8.42 Å². The largest absolute Gasteiger partial charge is 0.270 e. The van der Waals surface area contributed by atoms with Crippen molar-refractivity contribution in [3.05, 3.63) is 0 Å². The summed E-state index contributed by atoms with van der Waals surface area (Å²) in [5, 5.41) is -0.413. The summed E-state index contributed by atoms with van der Waals surface area (Å²) in [4.78, 5) is 0. The van der Waals surface area contributed by atoms with E-state index in [1.54, 1.807) is 0 Å². The van der Waals surface area contributed by atoms with Gasteiger partial charge in [0.2, 0.25) is 0 Å². The molecule has 1 atom stereocenters. The molecule has 1 heterocycles. The van der Waals surface area contributed by atoms with E-state index in [0.29, 0.717) is 12.8 Å². The zero-order valence-electron chi connectivity index (χ0n) is 7.97. The van der Waals surface area contributed by atoms with Crippen LogP contribution in [-0.2, 0) is 24.1 Å². The summed E-state index contributed by atoms with van der Waals surface area (Å²) >= 11 is 0. The normalized spacial score (nSPS) is 26.5. The number of sulfone groups is 1. The standard InChI is InChI=1S/C7H14O5S2/c1-13(8,9)12-5-4-7-3-2-6-14(7,10)11/h7H,2-6H2,1H3. The van der Waals surface area contributed by atoms with Gasteiger partial charge in [0.25, 0.3) is 10.1 Å². The van der Waals surface area contributed by atoms with Crippen molar-refractivity contribution in [3.8, 4) is 0 Å². The van der Waals surface area contributed by atoms with Crippen molar-refractivity contribution >= 4 is 20.0 Å². The highest BCUT2D eigenvalue weighted by Crippen LogP contribution is 2.22. The van der Waals surface area contributed by atoms with E-state index in [1.165, 1.54) is 0 Å². The molecule has 1 saturated heterocycles.